The van der Waals surface area contributed by atoms with E-state index in [1.165, 1.54) is 43.2 Å². The Kier molecular flexibility index (Phi) is 7.74. The van der Waals surface area contributed by atoms with Gasteiger partial charge in [-0.1, -0.05) is 54.5 Å². The Labute approximate surface area is 232 Å². The highest BCUT2D eigenvalue weighted by molar-refractivity contribution is 6.11. The monoisotopic (exact) mass is 524 g/mol. The van der Waals surface area contributed by atoms with Gasteiger partial charge < -0.3 is 9.64 Å². The fourth-order valence-electron chi connectivity index (χ4n) is 5.09. The van der Waals surface area contributed by atoms with Gasteiger partial charge >= 0.3 is 5.97 Å². The number of hydrogen-bond acceptors (Lipinski definition) is 5. The predicted molar refractivity (Wildman–Crippen MR) is 159 cm³/mol. The van der Waals surface area contributed by atoms with Crippen LogP contribution in [0.15, 0.2) is 71.2 Å². The van der Waals surface area contributed by atoms with Crippen LogP contribution in [-0.4, -0.2) is 40.9 Å². The summed E-state index contributed by atoms with van der Waals surface area (Å²) in [5.74, 6) is 1.24. The number of aromatic nitrogens is 2. The van der Waals surface area contributed by atoms with Gasteiger partial charge in [0.25, 0.3) is 0 Å². The van der Waals surface area contributed by atoms with Crippen LogP contribution in [0.4, 0.5) is 11.8 Å². The second kappa shape index (κ2) is 11.2. The topological polar surface area (TPSA) is 59.7 Å². The van der Waals surface area contributed by atoms with Gasteiger partial charge in [0.2, 0.25) is 5.95 Å². The number of allylic oxidation sites excluding steroid dienone is 2. The first-order valence-electron chi connectivity index (χ1n) is 14.2. The molecule has 1 aromatic heterocycles. The molecule has 0 N–H and O–H groups in total. The summed E-state index contributed by atoms with van der Waals surface area (Å²) >= 11 is 0. The predicted octanol–water partition coefficient (Wildman–Crippen LogP) is 7.78. The quantitative estimate of drug-likeness (QED) is 0.234. The second-order valence-corrected chi connectivity index (χ2v) is 11.9. The molecule has 204 valence electrons. The van der Waals surface area contributed by atoms with Crippen LogP contribution in [0.3, 0.4) is 0 Å². The fraction of sp³-hybridized carbons (Fsp3) is 0.424. The molecule has 6 nitrogen and oxygen atoms in total. The molecule has 0 saturated heterocycles. The van der Waals surface area contributed by atoms with Crippen molar-refractivity contribution in [2.24, 2.45) is 4.99 Å². The Balaban J connectivity index is 1.69. The lowest BCUT2D eigenvalue weighted by Gasteiger charge is -2.21. The molecule has 39 heavy (non-hydrogen) atoms. The molecule has 6 heteroatoms. The minimum absolute atomic E-state index is 0.328. The number of anilines is 1. The average Bonchev–Trinajstić information content (AvgIpc) is 3.69. The average molecular weight is 525 g/mol. The van der Waals surface area contributed by atoms with E-state index < -0.39 is 11.6 Å². The Morgan fingerprint density at radius 3 is 2.26 bits per heavy atom. The van der Waals surface area contributed by atoms with Crippen LogP contribution in [-0.2, 0) is 4.74 Å². The maximum Gasteiger partial charge on any atom is 0.359 e. The van der Waals surface area contributed by atoms with Crippen molar-refractivity contribution in [2.45, 2.75) is 77.2 Å². The highest BCUT2D eigenvalue weighted by Crippen LogP contribution is 2.40. The van der Waals surface area contributed by atoms with Crippen LogP contribution in [0.25, 0.3) is 5.69 Å². The highest BCUT2D eigenvalue weighted by Gasteiger charge is 2.30. The van der Waals surface area contributed by atoms with E-state index in [0.717, 1.165) is 29.8 Å². The van der Waals surface area contributed by atoms with E-state index >= 15 is 0 Å². The van der Waals surface area contributed by atoms with E-state index in [1.807, 2.05) is 74.7 Å². The van der Waals surface area contributed by atoms with Gasteiger partial charge in [0.1, 0.15) is 5.60 Å². The Hall–Kier alpha value is -3.67. The van der Waals surface area contributed by atoms with Gasteiger partial charge in [0.05, 0.1) is 5.71 Å². The molecule has 0 amide bonds. The molecule has 2 aliphatic rings. The van der Waals surface area contributed by atoms with Crippen molar-refractivity contribution in [3.8, 4) is 5.69 Å². The van der Waals surface area contributed by atoms with Crippen LogP contribution in [0.2, 0.25) is 0 Å². The van der Waals surface area contributed by atoms with E-state index in [-0.39, 0.29) is 0 Å². The standard InChI is InChI=1S/C33H40N4O2/c1-33(2,3)39-31(38)29-30(35-32(36(4)5)37(29)27-14-10-7-11-15-27)34-28(22-23-12-8-6-9-13-23)26-20-18-25(19-21-26)24-16-17-24/h7,10-11,14-15,18-22,24H,6,8-9,12-13,16-17H2,1-5H3/b34-28+. The van der Waals surface area contributed by atoms with Crippen LogP contribution in [0.1, 0.15) is 93.3 Å². The van der Waals surface area contributed by atoms with E-state index in [9.17, 15) is 4.79 Å². The summed E-state index contributed by atoms with van der Waals surface area (Å²) in [6.07, 6.45) is 10.6. The summed E-state index contributed by atoms with van der Waals surface area (Å²) in [6.45, 7) is 5.64. The first kappa shape index (κ1) is 26.9. The molecule has 2 aromatic carbocycles. The van der Waals surface area contributed by atoms with Crippen LogP contribution < -0.4 is 4.90 Å². The number of imidazole rings is 1. The summed E-state index contributed by atoms with van der Waals surface area (Å²) in [7, 11) is 3.85. The summed E-state index contributed by atoms with van der Waals surface area (Å²) in [5, 5.41) is 0. The van der Waals surface area contributed by atoms with Crippen molar-refractivity contribution < 1.29 is 9.53 Å². The summed E-state index contributed by atoms with van der Waals surface area (Å²) in [6, 6.07) is 18.6. The van der Waals surface area contributed by atoms with Crippen molar-refractivity contribution >= 4 is 23.4 Å². The normalized spacial score (nSPS) is 16.2. The van der Waals surface area contributed by atoms with Crippen molar-refractivity contribution in [1.29, 1.82) is 0 Å². The second-order valence-electron chi connectivity index (χ2n) is 11.9. The minimum atomic E-state index is -0.659. The van der Waals surface area contributed by atoms with Crippen molar-refractivity contribution in [3.63, 3.8) is 0 Å². The number of benzene rings is 2. The molecular weight excluding hydrogens is 484 g/mol. The number of rotatable bonds is 7. The van der Waals surface area contributed by atoms with Gasteiger partial charge in [-0.25, -0.2) is 9.79 Å². The maximum atomic E-state index is 13.8. The summed E-state index contributed by atoms with van der Waals surface area (Å²) < 4.78 is 7.76. The van der Waals surface area contributed by atoms with Gasteiger partial charge in [-0.15, -0.1) is 0 Å². The lowest BCUT2D eigenvalue weighted by molar-refractivity contribution is 0.00617. The minimum Gasteiger partial charge on any atom is -0.455 e. The third kappa shape index (κ3) is 6.49. The number of carbonyl (C=O) groups excluding carboxylic acids is 1. The number of para-hydroxylation sites is 1. The lowest BCUT2D eigenvalue weighted by atomic mass is 9.92. The molecule has 3 aromatic rings. The largest absolute Gasteiger partial charge is 0.455 e. The summed E-state index contributed by atoms with van der Waals surface area (Å²) in [4.78, 5) is 25.7. The zero-order chi connectivity index (χ0) is 27.6. The van der Waals surface area contributed by atoms with Crippen molar-refractivity contribution in [1.82, 2.24) is 9.55 Å². The smallest absolute Gasteiger partial charge is 0.359 e. The fourth-order valence-corrected chi connectivity index (χ4v) is 5.09. The molecule has 2 saturated carbocycles. The zero-order valence-corrected chi connectivity index (χ0v) is 23.9. The highest BCUT2D eigenvalue weighted by atomic mass is 16.6. The summed E-state index contributed by atoms with van der Waals surface area (Å²) in [5.41, 5.74) is 5.16. The molecule has 0 radical (unpaired) electrons. The van der Waals surface area contributed by atoms with E-state index in [1.54, 1.807) is 0 Å². The van der Waals surface area contributed by atoms with Gasteiger partial charge in [-0.2, -0.15) is 4.98 Å². The third-order valence-corrected chi connectivity index (χ3v) is 7.17. The first-order chi connectivity index (χ1) is 18.7. The first-order valence-corrected chi connectivity index (χ1v) is 14.2. The number of esters is 1. The number of hydrogen-bond donors (Lipinski definition) is 0. The molecule has 0 unspecified atom stereocenters. The Morgan fingerprint density at radius 2 is 1.67 bits per heavy atom. The molecular formula is C33H40N4O2. The van der Waals surface area contributed by atoms with Crippen molar-refractivity contribution in [3.05, 3.63) is 83.1 Å². The van der Waals surface area contributed by atoms with Crippen LogP contribution >= 0.6 is 0 Å². The number of nitrogens with zero attached hydrogens (tertiary/aromatic N) is 4. The van der Waals surface area contributed by atoms with Crippen LogP contribution in [0.5, 0.6) is 0 Å². The SMILES string of the molecule is CN(C)c1nc(/N=C(\C=C2CCCCC2)c2ccc(C3CC3)cc2)c(C(=O)OC(C)(C)C)n1-c1ccccc1. The number of carbonyl (C=O) groups is 1. The molecule has 2 aliphatic carbocycles. The number of ether oxygens (including phenoxy) is 1. The maximum absolute atomic E-state index is 13.8. The molecule has 0 aliphatic heterocycles. The molecule has 2 fully saturated rings. The van der Waals surface area contributed by atoms with Gasteiger partial charge in [-0.05, 0) is 89.0 Å². The number of aliphatic imine (C=N–C) groups is 1. The van der Waals surface area contributed by atoms with Crippen LogP contribution in [0, 0.1) is 0 Å². The molecule has 0 bridgehead atoms. The molecule has 0 atom stereocenters. The molecule has 1 heterocycles. The zero-order valence-electron chi connectivity index (χ0n) is 23.9. The van der Waals surface area contributed by atoms with Gasteiger partial charge in [-0.3, -0.25) is 4.57 Å². The van der Waals surface area contributed by atoms with E-state index in [0.29, 0.717) is 23.4 Å². The van der Waals surface area contributed by atoms with E-state index in [2.05, 4.69) is 30.3 Å². The Bertz CT molecular complexity index is 1360. The molecule has 5 rings (SSSR count). The molecule has 0 spiro atoms. The third-order valence-electron chi connectivity index (χ3n) is 7.17. The van der Waals surface area contributed by atoms with E-state index in [4.69, 9.17) is 14.7 Å². The van der Waals surface area contributed by atoms with Crippen molar-refractivity contribution in [2.75, 3.05) is 19.0 Å². The van der Waals surface area contributed by atoms with Gasteiger partial charge in [0, 0.05) is 25.3 Å². The van der Waals surface area contributed by atoms with Gasteiger partial charge in [0.15, 0.2) is 11.5 Å². The lowest BCUT2D eigenvalue weighted by Crippen LogP contribution is -2.26. The Morgan fingerprint density at radius 1 is 1.00 bits per heavy atom.